The highest BCUT2D eigenvalue weighted by atomic mass is 32.2. The number of hydrogen-bond acceptors (Lipinski definition) is 5. The second kappa shape index (κ2) is 6.44. The molecule has 0 amide bonds. The lowest BCUT2D eigenvalue weighted by Gasteiger charge is -2.05. The first-order valence-electron chi connectivity index (χ1n) is 5.50. The Morgan fingerprint density at radius 1 is 1.53 bits per heavy atom. The molecule has 0 saturated carbocycles. The van der Waals surface area contributed by atoms with Crippen molar-refractivity contribution in [2.24, 2.45) is 5.92 Å². The number of nitrogens with zero attached hydrogens (tertiary/aromatic N) is 2. The molecule has 0 spiro atoms. The van der Waals surface area contributed by atoms with Crippen molar-refractivity contribution in [1.29, 1.82) is 0 Å². The zero-order valence-electron chi connectivity index (χ0n) is 10.3. The van der Waals surface area contributed by atoms with Crippen molar-refractivity contribution in [3.8, 4) is 0 Å². The summed E-state index contributed by atoms with van der Waals surface area (Å²) in [7, 11) is 1.70. The van der Waals surface area contributed by atoms with Crippen LogP contribution >= 0.6 is 11.8 Å². The molecule has 1 heterocycles. The molecule has 17 heavy (non-hydrogen) atoms. The Morgan fingerprint density at radius 2 is 2.24 bits per heavy atom. The normalized spacial score (nSPS) is 10.6. The van der Waals surface area contributed by atoms with Gasteiger partial charge in [0.2, 0.25) is 0 Å². The van der Waals surface area contributed by atoms with Crippen LogP contribution in [0.4, 0.5) is 11.5 Å². The van der Waals surface area contributed by atoms with E-state index in [0.717, 1.165) is 12.2 Å². The van der Waals surface area contributed by atoms with Gasteiger partial charge in [0.05, 0.1) is 11.0 Å². The lowest BCUT2D eigenvalue weighted by atomic mass is 10.2. The monoisotopic (exact) mass is 255 g/mol. The van der Waals surface area contributed by atoms with Gasteiger partial charge in [-0.05, 0) is 18.1 Å². The molecule has 0 bridgehead atoms. The number of aromatic nitrogens is 1. The number of anilines is 1. The Morgan fingerprint density at radius 3 is 2.76 bits per heavy atom. The average molecular weight is 255 g/mol. The predicted octanol–water partition coefficient (Wildman–Crippen LogP) is 3.17. The van der Waals surface area contributed by atoms with Crippen molar-refractivity contribution < 1.29 is 4.92 Å². The summed E-state index contributed by atoms with van der Waals surface area (Å²) in [4.78, 5) is 14.6. The van der Waals surface area contributed by atoms with E-state index in [9.17, 15) is 10.1 Å². The average Bonchev–Trinajstić information content (AvgIpc) is 2.28. The van der Waals surface area contributed by atoms with E-state index in [-0.39, 0.29) is 5.69 Å². The van der Waals surface area contributed by atoms with Gasteiger partial charge in [-0.1, -0.05) is 13.8 Å². The van der Waals surface area contributed by atoms with E-state index >= 15 is 0 Å². The molecular weight excluding hydrogens is 238 g/mol. The molecule has 1 aromatic heterocycles. The third kappa shape index (κ3) is 4.60. The summed E-state index contributed by atoms with van der Waals surface area (Å²) in [6.07, 6.45) is 1.07. The first kappa shape index (κ1) is 13.8. The van der Waals surface area contributed by atoms with Crippen LogP contribution in [0.3, 0.4) is 0 Å². The van der Waals surface area contributed by atoms with Crippen LogP contribution in [-0.2, 0) is 0 Å². The largest absolute Gasteiger partial charge is 0.373 e. The highest BCUT2D eigenvalue weighted by molar-refractivity contribution is 7.99. The number of nitrogens with one attached hydrogen (secondary N) is 1. The summed E-state index contributed by atoms with van der Waals surface area (Å²) in [6, 6.07) is 2.96. The maximum Gasteiger partial charge on any atom is 0.275 e. The van der Waals surface area contributed by atoms with Gasteiger partial charge in [0.15, 0.2) is 0 Å². The molecular formula is C11H17N3O2S. The molecule has 0 saturated heterocycles. The molecule has 1 rings (SSSR count). The van der Waals surface area contributed by atoms with Crippen molar-refractivity contribution in [1.82, 2.24) is 4.98 Å². The fourth-order valence-electron chi connectivity index (χ4n) is 1.20. The molecule has 0 aliphatic heterocycles. The van der Waals surface area contributed by atoms with Gasteiger partial charge in [-0.3, -0.25) is 10.1 Å². The topological polar surface area (TPSA) is 68.1 Å². The molecule has 0 aromatic carbocycles. The van der Waals surface area contributed by atoms with Crippen LogP contribution in [0.1, 0.15) is 20.3 Å². The minimum atomic E-state index is -0.394. The maximum atomic E-state index is 10.7. The molecule has 0 unspecified atom stereocenters. The number of thioether (sulfide) groups is 1. The smallest absolute Gasteiger partial charge is 0.275 e. The molecule has 5 nitrogen and oxygen atoms in total. The fraction of sp³-hybridized carbons (Fsp3) is 0.545. The quantitative estimate of drug-likeness (QED) is 0.480. The third-order valence-electron chi connectivity index (χ3n) is 2.20. The van der Waals surface area contributed by atoms with Gasteiger partial charge in [0.1, 0.15) is 10.8 Å². The third-order valence-corrected chi connectivity index (χ3v) is 3.14. The molecule has 0 aliphatic carbocycles. The van der Waals surface area contributed by atoms with Crippen molar-refractivity contribution >= 4 is 23.3 Å². The van der Waals surface area contributed by atoms with Gasteiger partial charge in [0, 0.05) is 13.1 Å². The van der Waals surface area contributed by atoms with Crippen molar-refractivity contribution in [3.05, 3.63) is 22.2 Å². The summed E-state index contributed by atoms with van der Waals surface area (Å²) in [5.74, 6) is 2.09. The van der Waals surface area contributed by atoms with Gasteiger partial charge in [-0.15, -0.1) is 11.8 Å². The lowest BCUT2D eigenvalue weighted by molar-refractivity contribution is -0.385. The van der Waals surface area contributed by atoms with E-state index < -0.39 is 4.92 Å². The zero-order valence-corrected chi connectivity index (χ0v) is 11.1. The molecule has 1 aromatic rings. The van der Waals surface area contributed by atoms with Gasteiger partial charge in [0.25, 0.3) is 5.69 Å². The Balaban J connectivity index is 2.76. The van der Waals surface area contributed by atoms with E-state index in [1.54, 1.807) is 18.8 Å². The number of pyridine rings is 1. The van der Waals surface area contributed by atoms with E-state index in [0.29, 0.717) is 16.8 Å². The Hall–Kier alpha value is -1.30. The second-order valence-electron chi connectivity index (χ2n) is 4.09. The van der Waals surface area contributed by atoms with Crippen LogP contribution in [0.15, 0.2) is 17.2 Å². The van der Waals surface area contributed by atoms with Crippen LogP contribution in [0.2, 0.25) is 0 Å². The van der Waals surface area contributed by atoms with Crippen LogP contribution in [-0.4, -0.2) is 22.7 Å². The van der Waals surface area contributed by atoms with Gasteiger partial charge in [-0.25, -0.2) is 4.98 Å². The molecule has 6 heteroatoms. The predicted molar refractivity (Wildman–Crippen MR) is 70.6 cm³/mol. The van der Waals surface area contributed by atoms with E-state index in [4.69, 9.17) is 0 Å². The van der Waals surface area contributed by atoms with Crippen LogP contribution < -0.4 is 5.32 Å². The second-order valence-corrected chi connectivity index (χ2v) is 5.20. The maximum absolute atomic E-state index is 10.7. The van der Waals surface area contributed by atoms with Crippen LogP contribution in [0, 0.1) is 16.0 Å². The standard InChI is InChI=1S/C11H17N3O2S/c1-8(2)4-5-17-11-7-9(14(15)16)6-10(12-3)13-11/h6-8H,4-5H2,1-3H3,(H,12,13). The van der Waals surface area contributed by atoms with E-state index in [1.807, 2.05) is 0 Å². The number of rotatable bonds is 6. The first-order chi connectivity index (χ1) is 8.02. The Labute approximate surface area is 105 Å². The minimum Gasteiger partial charge on any atom is -0.373 e. The first-order valence-corrected chi connectivity index (χ1v) is 6.48. The summed E-state index contributed by atoms with van der Waals surface area (Å²) >= 11 is 1.55. The summed E-state index contributed by atoms with van der Waals surface area (Å²) in [5, 5.41) is 14.3. The van der Waals surface area contributed by atoms with Gasteiger partial charge < -0.3 is 5.32 Å². The fourth-order valence-corrected chi connectivity index (χ4v) is 2.36. The molecule has 0 radical (unpaired) electrons. The molecule has 0 fully saturated rings. The SMILES string of the molecule is CNc1cc([N+](=O)[O-])cc(SCCC(C)C)n1. The summed E-state index contributed by atoms with van der Waals surface area (Å²) in [5.41, 5.74) is 0.0800. The lowest BCUT2D eigenvalue weighted by Crippen LogP contribution is -1.97. The van der Waals surface area contributed by atoms with Crippen molar-refractivity contribution in [2.75, 3.05) is 18.1 Å². The minimum absolute atomic E-state index is 0.0800. The van der Waals surface area contributed by atoms with E-state index in [1.165, 1.54) is 12.1 Å². The number of hydrogen-bond donors (Lipinski definition) is 1. The highest BCUT2D eigenvalue weighted by Crippen LogP contribution is 2.25. The van der Waals surface area contributed by atoms with E-state index in [2.05, 4.69) is 24.1 Å². The van der Waals surface area contributed by atoms with Gasteiger partial charge >= 0.3 is 0 Å². The highest BCUT2D eigenvalue weighted by Gasteiger charge is 2.10. The van der Waals surface area contributed by atoms with Gasteiger partial charge in [-0.2, -0.15) is 0 Å². The van der Waals surface area contributed by atoms with Crippen LogP contribution in [0.5, 0.6) is 0 Å². The zero-order chi connectivity index (χ0) is 12.8. The summed E-state index contributed by atoms with van der Waals surface area (Å²) in [6.45, 7) is 4.31. The molecule has 94 valence electrons. The Kier molecular flexibility index (Phi) is 5.21. The molecule has 1 N–H and O–H groups in total. The molecule has 0 aliphatic rings. The molecule has 0 atom stereocenters. The van der Waals surface area contributed by atoms with Crippen LogP contribution in [0.25, 0.3) is 0 Å². The van der Waals surface area contributed by atoms with Crippen molar-refractivity contribution in [3.63, 3.8) is 0 Å². The summed E-state index contributed by atoms with van der Waals surface area (Å²) < 4.78 is 0. The Bertz CT molecular complexity index is 396. The van der Waals surface area contributed by atoms with Crippen molar-refractivity contribution in [2.45, 2.75) is 25.3 Å². The number of nitro groups is 1.